The number of carbonyl (C=O) groups is 1. The molecular formula is C15H26F2O2. The normalized spacial score (nSPS) is 34.5. The van der Waals surface area contributed by atoms with E-state index in [0.717, 1.165) is 6.42 Å². The fraction of sp³-hybridized carbons (Fsp3) is 0.933. The second-order valence-electron chi connectivity index (χ2n) is 6.38. The van der Waals surface area contributed by atoms with Crippen LogP contribution < -0.4 is 0 Å². The van der Waals surface area contributed by atoms with Gasteiger partial charge < -0.3 is 5.11 Å². The molecule has 0 spiro atoms. The molecule has 1 aliphatic carbocycles. The number of Topliss-reactive ketones (excluding diaryl/α,β-unsaturated/α-hetero) is 1. The number of hydrogen-bond acceptors (Lipinski definition) is 2. The van der Waals surface area contributed by atoms with Crippen LogP contribution in [-0.4, -0.2) is 22.4 Å². The van der Waals surface area contributed by atoms with Crippen LogP contribution in [0, 0.1) is 17.8 Å². The number of aliphatic hydroxyl groups is 1. The molecule has 1 rings (SSSR count). The number of rotatable bonds is 5. The van der Waals surface area contributed by atoms with Gasteiger partial charge in [0.15, 0.2) is 5.78 Å². The van der Waals surface area contributed by atoms with Gasteiger partial charge in [-0.1, -0.05) is 34.1 Å². The van der Waals surface area contributed by atoms with Gasteiger partial charge in [-0.25, -0.2) is 8.78 Å². The first kappa shape index (κ1) is 16.5. The molecule has 0 heterocycles. The fourth-order valence-corrected chi connectivity index (χ4v) is 3.10. The van der Waals surface area contributed by atoms with Crippen molar-refractivity contribution < 1.29 is 18.7 Å². The van der Waals surface area contributed by atoms with Crippen LogP contribution in [0.3, 0.4) is 0 Å². The van der Waals surface area contributed by atoms with E-state index in [4.69, 9.17) is 0 Å². The summed E-state index contributed by atoms with van der Waals surface area (Å²) in [6, 6.07) is 0. The number of ketones is 1. The van der Waals surface area contributed by atoms with Gasteiger partial charge in [-0.05, 0) is 24.7 Å². The summed E-state index contributed by atoms with van der Waals surface area (Å²) in [5.41, 5.74) is -1.85. The summed E-state index contributed by atoms with van der Waals surface area (Å²) >= 11 is 0. The van der Waals surface area contributed by atoms with E-state index in [-0.39, 0.29) is 24.7 Å². The molecule has 0 radical (unpaired) electrons. The molecule has 1 aliphatic rings. The Morgan fingerprint density at radius 3 is 2.47 bits per heavy atom. The molecular weight excluding hydrogens is 250 g/mol. The lowest BCUT2D eigenvalue weighted by Crippen LogP contribution is -2.57. The van der Waals surface area contributed by atoms with Crippen LogP contribution in [0.25, 0.3) is 0 Å². The maximum atomic E-state index is 13.9. The van der Waals surface area contributed by atoms with Gasteiger partial charge in [0.05, 0.1) is 0 Å². The molecule has 0 bridgehead atoms. The van der Waals surface area contributed by atoms with E-state index in [2.05, 4.69) is 0 Å². The highest BCUT2D eigenvalue weighted by molar-refractivity contribution is 5.87. The predicted octanol–water partition coefficient (Wildman–Crippen LogP) is 3.81. The van der Waals surface area contributed by atoms with Gasteiger partial charge in [-0.15, -0.1) is 0 Å². The van der Waals surface area contributed by atoms with E-state index in [1.807, 2.05) is 20.8 Å². The van der Waals surface area contributed by atoms with Crippen LogP contribution in [-0.2, 0) is 4.79 Å². The molecule has 0 saturated heterocycles. The van der Waals surface area contributed by atoms with E-state index >= 15 is 0 Å². The SMILES string of the molecule is CCCCC(=O)C1(O)CC(F)(F)C(C)CC1C(C)C. The Kier molecular flexibility index (Phi) is 5.10. The quantitative estimate of drug-likeness (QED) is 0.829. The van der Waals surface area contributed by atoms with Gasteiger partial charge in [-0.2, -0.15) is 0 Å². The summed E-state index contributed by atoms with van der Waals surface area (Å²) in [5.74, 6) is -4.48. The van der Waals surface area contributed by atoms with E-state index < -0.39 is 29.6 Å². The lowest BCUT2D eigenvalue weighted by molar-refractivity contribution is -0.194. The van der Waals surface area contributed by atoms with Crippen LogP contribution in [0.4, 0.5) is 8.78 Å². The van der Waals surface area contributed by atoms with Gasteiger partial charge >= 0.3 is 0 Å². The highest BCUT2D eigenvalue weighted by Crippen LogP contribution is 2.49. The Bertz CT molecular complexity index is 328. The lowest BCUT2D eigenvalue weighted by Gasteiger charge is -2.46. The molecule has 0 aliphatic heterocycles. The zero-order valence-electron chi connectivity index (χ0n) is 12.4. The topological polar surface area (TPSA) is 37.3 Å². The lowest BCUT2D eigenvalue weighted by atomic mass is 9.63. The minimum absolute atomic E-state index is 0.0223. The van der Waals surface area contributed by atoms with E-state index in [9.17, 15) is 18.7 Å². The molecule has 0 aromatic carbocycles. The highest BCUT2D eigenvalue weighted by atomic mass is 19.3. The molecule has 19 heavy (non-hydrogen) atoms. The standard InChI is InChI=1S/C15H26F2O2/c1-5-6-7-13(18)14(19)9-15(16,17)11(4)8-12(14)10(2)3/h10-12,19H,5-9H2,1-4H3. The number of hydrogen-bond donors (Lipinski definition) is 1. The van der Waals surface area contributed by atoms with Gasteiger partial charge in [0, 0.05) is 18.8 Å². The van der Waals surface area contributed by atoms with Crippen molar-refractivity contribution in [3.63, 3.8) is 0 Å². The summed E-state index contributed by atoms with van der Waals surface area (Å²) in [4.78, 5) is 12.2. The van der Waals surface area contributed by atoms with Crippen molar-refractivity contribution in [2.45, 2.75) is 71.3 Å². The largest absolute Gasteiger partial charge is 0.382 e. The third-order valence-electron chi connectivity index (χ3n) is 4.49. The molecule has 1 N–H and O–H groups in total. The van der Waals surface area contributed by atoms with Crippen molar-refractivity contribution in [1.82, 2.24) is 0 Å². The van der Waals surface area contributed by atoms with Crippen molar-refractivity contribution >= 4 is 5.78 Å². The summed E-state index contributed by atoms with van der Waals surface area (Å²) < 4.78 is 27.8. The average molecular weight is 276 g/mol. The van der Waals surface area contributed by atoms with Crippen LogP contribution in [0.15, 0.2) is 0 Å². The number of alkyl halides is 2. The van der Waals surface area contributed by atoms with Crippen molar-refractivity contribution in [2.75, 3.05) is 0 Å². The smallest absolute Gasteiger partial charge is 0.253 e. The van der Waals surface area contributed by atoms with Gasteiger partial charge in [0.25, 0.3) is 5.92 Å². The Morgan fingerprint density at radius 2 is 2.00 bits per heavy atom. The highest BCUT2D eigenvalue weighted by Gasteiger charge is 2.57. The zero-order valence-corrected chi connectivity index (χ0v) is 12.4. The second-order valence-corrected chi connectivity index (χ2v) is 6.38. The third kappa shape index (κ3) is 3.33. The second kappa shape index (κ2) is 5.86. The molecule has 1 saturated carbocycles. The molecule has 0 amide bonds. The van der Waals surface area contributed by atoms with Crippen LogP contribution in [0.5, 0.6) is 0 Å². The molecule has 1 fully saturated rings. The minimum Gasteiger partial charge on any atom is -0.382 e. The van der Waals surface area contributed by atoms with Gasteiger partial charge in [-0.3, -0.25) is 4.79 Å². The van der Waals surface area contributed by atoms with Crippen molar-refractivity contribution in [1.29, 1.82) is 0 Å². The maximum absolute atomic E-state index is 13.9. The van der Waals surface area contributed by atoms with E-state index in [1.54, 1.807) is 0 Å². The Balaban J connectivity index is 3.00. The molecule has 112 valence electrons. The molecule has 0 aromatic heterocycles. The number of unbranched alkanes of at least 4 members (excludes halogenated alkanes) is 1. The first-order chi connectivity index (χ1) is 8.65. The van der Waals surface area contributed by atoms with Crippen molar-refractivity contribution in [3.8, 4) is 0 Å². The Hall–Kier alpha value is -0.510. The fourth-order valence-electron chi connectivity index (χ4n) is 3.10. The molecule has 0 aromatic rings. The molecule has 4 heteroatoms. The summed E-state index contributed by atoms with van der Waals surface area (Å²) in [7, 11) is 0. The molecule has 2 nitrogen and oxygen atoms in total. The maximum Gasteiger partial charge on any atom is 0.253 e. The third-order valence-corrected chi connectivity index (χ3v) is 4.49. The van der Waals surface area contributed by atoms with Gasteiger partial charge in [0.1, 0.15) is 5.60 Å². The van der Waals surface area contributed by atoms with Crippen molar-refractivity contribution in [2.24, 2.45) is 17.8 Å². The van der Waals surface area contributed by atoms with Crippen LogP contribution in [0.2, 0.25) is 0 Å². The van der Waals surface area contributed by atoms with E-state index in [1.165, 1.54) is 6.92 Å². The van der Waals surface area contributed by atoms with Crippen LogP contribution in [0.1, 0.15) is 59.8 Å². The zero-order chi connectivity index (χ0) is 14.8. The summed E-state index contributed by atoms with van der Waals surface area (Å²) in [6.07, 6.45) is 1.15. The summed E-state index contributed by atoms with van der Waals surface area (Å²) in [5, 5.41) is 10.6. The Labute approximate surface area is 114 Å². The first-order valence-electron chi connectivity index (χ1n) is 7.28. The van der Waals surface area contributed by atoms with Crippen molar-refractivity contribution in [3.05, 3.63) is 0 Å². The first-order valence-corrected chi connectivity index (χ1v) is 7.28. The van der Waals surface area contributed by atoms with Crippen LogP contribution >= 0.6 is 0 Å². The predicted molar refractivity (Wildman–Crippen MR) is 71.2 cm³/mol. The summed E-state index contributed by atoms with van der Waals surface area (Å²) in [6.45, 7) is 7.22. The average Bonchev–Trinajstić information content (AvgIpc) is 2.29. The van der Waals surface area contributed by atoms with Gasteiger partial charge in [0.2, 0.25) is 0 Å². The number of carbonyl (C=O) groups excluding carboxylic acids is 1. The molecule has 3 unspecified atom stereocenters. The monoisotopic (exact) mass is 276 g/mol. The Morgan fingerprint density at radius 1 is 1.42 bits per heavy atom. The van der Waals surface area contributed by atoms with E-state index in [0.29, 0.717) is 6.42 Å². The number of halogens is 2. The molecule has 3 atom stereocenters. The minimum atomic E-state index is -2.96.